The topological polar surface area (TPSA) is 53.1 Å². The average molecular weight is 281 g/mol. The first kappa shape index (κ1) is 14.6. The van der Waals surface area contributed by atoms with E-state index in [9.17, 15) is 17.6 Å². The minimum Gasteiger partial charge on any atom is -0.370 e. The van der Waals surface area contributed by atoms with E-state index in [0.29, 0.717) is 0 Å². The minimum absolute atomic E-state index is 0.0640. The lowest BCUT2D eigenvalue weighted by Gasteiger charge is -2.19. The molecule has 0 aliphatic heterocycles. The van der Waals surface area contributed by atoms with Crippen molar-refractivity contribution in [3.8, 4) is 0 Å². The predicted molar refractivity (Wildman–Crippen MR) is 61.7 cm³/mol. The van der Waals surface area contributed by atoms with Gasteiger partial charge in [-0.2, -0.15) is 13.2 Å². The zero-order valence-corrected chi connectivity index (χ0v) is 10.2. The normalized spacial score (nSPS) is 11.4. The summed E-state index contributed by atoms with van der Waals surface area (Å²) in [6.07, 6.45) is 0. The van der Waals surface area contributed by atoms with E-state index in [4.69, 9.17) is 11.1 Å². The second-order valence-electron chi connectivity index (χ2n) is 3.54. The van der Waals surface area contributed by atoms with Crippen LogP contribution in [0.15, 0.2) is 23.1 Å². The second-order valence-corrected chi connectivity index (χ2v) is 4.65. The van der Waals surface area contributed by atoms with Crippen LogP contribution in [0.25, 0.3) is 0 Å². The van der Waals surface area contributed by atoms with Crippen molar-refractivity contribution in [3.63, 3.8) is 0 Å². The number of halogens is 4. The van der Waals surface area contributed by atoms with E-state index < -0.39 is 11.3 Å². The Morgan fingerprint density at radius 2 is 2.06 bits per heavy atom. The molecule has 100 valence electrons. The molecule has 1 aromatic rings. The Kier molecular flexibility index (Phi) is 4.44. The summed E-state index contributed by atoms with van der Waals surface area (Å²) in [5, 5.41) is 7.13. The molecular formula is C10H11F4N3S. The van der Waals surface area contributed by atoms with E-state index in [1.54, 1.807) is 0 Å². The predicted octanol–water partition coefficient (Wildman–Crippen LogP) is 2.76. The van der Waals surface area contributed by atoms with Crippen LogP contribution in [0.5, 0.6) is 0 Å². The molecule has 0 aromatic heterocycles. The van der Waals surface area contributed by atoms with E-state index in [-0.39, 0.29) is 34.7 Å². The molecule has 0 amide bonds. The summed E-state index contributed by atoms with van der Waals surface area (Å²) in [6, 6.07) is 3.04. The Bertz CT molecular complexity index is 447. The molecule has 0 radical (unpaired) electrons. The van der Waals surface area contributed by atoms with Crippen LogP contribution < -0.4 is 5.73 Å². The van der Waals surface area contributed by atoms with Crippen LogP contribution in [-0.2, 0) is 6.54 Å². The Morgan fingerprint density at radius 3 is 2.56 bits per heavy atom. The summed E-state index contributed by atoms with van der Waals surface area (Å²) in [5.41, 5.74) is 0.877. The first-order valence-electron chi connectivity index (χ1n) is 4.78. The first-order chi connectivity index (χ1) is 8.19. The van der Waals surface area contributed by atoms with Gasteiger partial charge in [0.15, 0.2) is 5.96 Å². The summed E-state index contributed by atoms with van der Waals surface area (Å²) < 4.78 is 50.0. The molecule has 0 spiro atoms. The van der Waals surface area contributed by atoms with Crippen LogP contribution in [0.4, 0.5) is 17.6 Å². The van der Waals surface area contributed by atoms with Crippen LogP contribution in [0.1, 0.15) is 5.56 Å². The monoisotopic (exact) mass is 281 g/mol. The molecule has 0 heterocycles. The fourth-order valence-electron chi connectivity index (χ4n) is 1.24. The van der Waals surface area contributed by atoms with E-state index in [1.165, 1.54) is 11.9 Å². The molecular weight excluding hydrogens is 270 g/mol. The summed E-state index contributed by atoms with van der Waals surface area (Å²) in [5.74, 6) is -0.935. The van der Waals surface area contributed by atoms with Crippen molar-refractivity contribution in [1.29, 1.82) is 5.41 Å². The van der Waals surface area contributed by atoms with Crippen molar-refractivity contribution in [1.82, 2.24) is 4.90 Å². The molecule has 3 N–H and O–H groups in total. The third-order valence-corrected chi connectivity index (χ3v) is 2.92. The van der Waals surface area contributed by atoms with Gasteiger partial charge in [-0.1, -0.05) is 0 Å². The van der Waals surface area contributed by atoms with Crippen LogP contribution in [0, 0.1) is 11.2 Å². The number of thioether (sulfide) groups is 1. The number of hydrogen-bond donors (Lipinski definition) is 2. The number of nitrogens with two attached hydrogens (primary N) is 1. The maximum Gasteiger partial charge on any atom is 0.446 e. The van der Waals surface area contributed by atoms with Gasteiger partial charge >= 0.3 is 5.51 Å². The maximum atomic E-state index is 13.0. The standard InChI is InChI=1S/C10H11F4N3S/c1-17(9(15)16)5-6-4-7(11)2-3-8(6)18-10(12,13)14/h2-4H,5H2,1H3,(H3,15,16). The zero-order valence-electron chi connectivity index (χ0n) is 9.38. The average Bonchev–Trinajstić information content (AvgIpc) is 2.20. The molecule has 0 unspecified atom stereocenters. The molecule has 1 rings (SSSR count). The molecule has 0 fully saturated rings. The summed E-state index contributed by atoms with van der Waals surface area (Å²) >= 11 is -0.315. The van der Waals surface area contributed by atoms with E-state index in [2.05, 4.69) is 0 Å². The van der Waals surface area contributed by atoms with Gasteiger partial charge in [0, 0.05) is 18.5 Å². The second kappa shape index (κ2) is 5.47. The number of guanidine groups is 1. The number of hydrogen-bond acceptors (Lipinski definition) is 2. The van der Waals surface area contributed by atoms with Crippen molar-refractivity contribution in [2.45, 2.75) is 16.9 Å². The van der Waals surface area contributed by atoms with Crippen molar-refractivity contribution >= 4 is 17.7 Å². The summed E-state index contributed by atoms with van der Waals surface area (Å²) in [7, 11) is 1.44. The molecule has 18 heavy (non-hydrogen) atoms. The highest BCUT2D eigenvalue weighted by Gasteiger charge is 2.30. The highest BCUT2D eigenvalue weighted by Crippen LogP contribution is 2.38. The molecule has 0 aliphatic rings. The fourth-order valence-corrected chi connectivity index (χ4v) is 1.88. The molecule has 1 aromatic carbocycles. The van der Waals surface area contributed by atoms with E-state index >= 15 is 0 Å². The van der Waals surface area contributed by atoms with Gasteiger partial charge in [0.25, 0.3) is 0 Å². The molecule has 0 aliphatic carbocycles. The third-order valence-electron chi connectivity index (χ3n) is 2.07. The quantitative estimate of drug-likeness (QED) is 0.388. The van der Waals surface area contributed by atoms with Gasteiger partial charge in [0.2, 0.25) is 0 Å². The highest BCUT2D eigenvalue weighted by molar-refractivity contribution is 8.00. The Balaban J connectivity index is 3.00. The van der Waals surface area contributed by atoms with Crippen LogP contribution in [0.2, 0.25) is 0 Å². The van der Waals surface area contributed by atoms with Gasteiger partial charge in [-0.15, -0.1) is 0 Å². The van der Waals surface area contributed by atoms with Crippen LogP contribution in [-0.4, -0.2) is 23.4 Å². The first-order valence-corrected chi connectivity index (χ1v) is 5.60. The fraction of sp³-hybridized carbons (Fsp3) is 0.300. The lowest BCUT2D eigenvalue weighted by molar-refractivity contribution is -0.0328. The van der Waals surface area contributed by atoms with Gasteiger partial charge in [-0.3, -0.25) is 5.41 Å². The Morgan fingerprint density at radius 1 is 1.44 bits per heavy atom. The van der Waals surface area contributed by atoms with Gasteiger partial charge in [-0.25, -0.2) is 4.39 Å². The lowest BCUT2D eigenvalue weighted by atomic mass is 10.2. The molecule has 0 saturated carbocycles. The van der Waals surface area contributed by atoms with Crippen molar-refractivity contribution in [2.24, 2.45) is 5.73 Å². The Labute approximate surface area is 105 Å². The van der Waals surface area contributed by atoms with Gasteiger partial charge in [0.05, 0.1) is 0 Å². The lowest BCUT2D eigenvalue weighted by Crippen LogP contribution is -2.32. The zero-order chi connectivity index (χ0) is 13.9. The van der Waals surface area contributed by atoms with Crippen molar-refractivity contribution in [3.05, 3.63) is 29.6 Å². The SMILES string of the molecule is CN(Cc1cc(F)ccc1SC(F)(F)F)C(=N)N. The van der Waals surface area contributed by atoms with Gasteiger partial charge < -0.3 is 10.6 Å². The van der Waals surface area contributed by atoms with E-state index in [0.717, 1.165) is 18.2 Å². The minimum atomic E-state index is -4.44. The molecule has 8 heteroatoms. The molecule has 0 atom stereocenters. The molecule has 0 saturated heterocycles. The number of alkyl halides is 3. The van der Waals surface area contributed by atoms with Gasteiger partial charge in [-0.05, 0) is 35.5 Å². The Hall–Kier alpha value is -1.44. The third kappa shape index (κ3) is 4.44. The van der Waals surface area contributed by atoms with Crippen LogP contribution in [0.3, 0.4) is 0 Å². The number of benzene rings is 1. The summed E-state index contributed by atoms with van der Waals surface area (Å²) in [4.78, 5) is 1.12. The van der Waals surface area contributed by atoms with Crippen molar-refractivity contribution < 1.29 is 17.6 Å². The van der Waals surface area contributed by atoms with Crippen LogP contribution >= 0.6 is 11.8 Å². The maximum absolute atomic E-state index is 13.0. The molecule has 0 bridgehead atoms. The number of nitrogens with zero attached hydrogens (tertiary/aromatic N) is 1. The molecule has 3 nitrogen and oxygen atoms in total. The number of nitrogens with one attached hydrogen (secondary N) is 1. The summed E-state index contributed by atoms with van der Waals surface area (Å²) in [6.45, 7) is -0.0640. The number of rotatable bonds is 3. The smallest absolute Gasteiger partial charge is 0.370 e. The largest absolute Gasteiger partial charge is 0.446 e. The van der Waals surface area contributed by atoms with E-state index in [1.807, 2.05) is 0 Å². The van der Waals surface area contributed by atoms with Gasteiger partial charge in [0.1, 0.15) is 5.82 Å². The van der Waals surface area contributed by atoms with Crippen molar-refractivity contribution in [2.75, 3.05) is 7.05 Å². The highest BCUT2D eigenvalue weighted by atomic mass is 32.2.